The van der Waals surface area contributed by atoms with Crippen molar-refractivity contribution in [3.63, 3.8) is 0 Å². The molecule has 0 amide bonds. The van der Waals surface area contributed by atoms with Crippen LogP contribution in [0.5, 0.6) is 0 Å². The molecule has 12 nitrogen and oxygen atoms in total. The van der Waals surface area contributed by atoms with Crippen LogP contribution < -0.4 is 0 Å². The Morgan fingerprint density at radius 3 is 2.13 bits per heavy atom. The normalized spacial score (nSPS) is 44.9. The van der Waals surface area contributed by atoms with E-state index in [0.717, 1.165) is 0 Å². The number of hydrogen-bond donors (Lipinski definition) is 0. The van der Waals surface area contributed by atoms with Crippen LogP contribution in [0.25, 0.3) is 0 Å². The summed E-state index contributed by atoms with van der Waals surface area (Å²) in [5.41, 5.74) is -5.23. The van der Waals surface area contributed by atoms with Gasteiger partial charge in [0.05, 0.1) is 23.5 Å². The van der Waals surface area contributed by atoms with E-state index in [-0.39, 0.29) is 38.2 Å². The minimum atomic E-state index is -1.60. The molecule has 4 heterocycles. The molecule has 1 aliphatic carbocycles. The van der Waals surface area contributed by atoms with Gasteiger partial charge in [-0.2, -0.15) is 0 Å². The Kier molecular flexibility index (Phi) is 9.29. The van der Waals surface area contributed by atoms with Crippen molar-refractivity contribution in [3.8, 4) is 0 Å². The maximum absolute atomic E-state index is 13.3. The molecule has 4 aliphatic heterocycles. The zero-order valence-corrected chi connectivity index (χ0v) is 29.5. The van der Waals surface area contributed by atoms with E-state index < -0.39 is 99.8 Å². The molecule has 2 bridgehead atoms. The molecule has 0 aromatic heterocycles. The highest BCUT2D eigenvalue weighted by molar-refractivity contribution is 14.1. The van der Waals surface area contributed by atoms with Crippen molar-refractivity contribution in [2.24, 2.45) is 23.2 Å². The fourth-order valence-electron chi connectivity index (χ4n) is 8.44. The lowest BCUT2D eigenvalue weighted by Gasteiger charge is -2.57. The molecule has 14 heteroatoms. The Bertz CT molecular complexity index is 1250. The van der Waals surface area contributed by atoms with Crippen LogP contribution in [0.3, 0.4) is 0 Å². The molecule has 12 atom stereocenters. The fourth-order valence-corrected chi connectivity index (χ4v) is 10.2. The smallest absolute Gasteiger partial charge is 0.312 e. The molecule has 5 rings (SSSR count). The molecule has 0 radical (unpaired) electrons. The predicted octanol–water partition coefficient (Wildman–Crippen LogP) is 3.44. The molecule has 4 saturated heterocycles. The number of fused-ring (bicyclic) bond motifs is 3. The number of halogens is 2. The van der Waals surface area contributed by atoms with Crippen molar-refractivity contribution in [1.29, 1.82) is 0 Å². The average Bonchev–Trinajstić information content (AvgIpc) is 3.62. The maximum atomic E-state index is 13.3. The van der Waals surface area contributed by atoms with E-state index in [1.54, 1.807) is 6.92 Å². The second-order valence-corrected chi connectivity index (χ2v) is 15.0. The lowest BCUT2D eigenvalue weighted by molar-refractivity contribution is -0.259. The molecule has 1 saturated carbocycles. The van der Waals surface area contributed by atoms with Gasteiger partial charge >= 0.3 is 29.8 Å². The summed E-state index contributed by atoms with van der Waals surface area (Å²) in [5.74, 6) is -4.80. The van der Waals surface area contributed by atoms with Gasteiger partial charge in [-0.1, -0.05) is 43.4 Å². The van der Waals surface area contributed by atoms with Gasteiger partial charge in [-0.25, -0.2) is 0 Å². The summed E-state index contributed by atoms with van der Waals surface area (Å²) in [4.78, 5) is 64.9. The summed E-state index contributed by atoms with van der Waals surface area (Å²) < 4.78 is 44.0. The molecule has 0 aromatic rings. The summed E-state index contributed by atoms with van der Waals surface area (Å²) in [5, 5.41) is -0.840. The standard InChI is InChI=1S/C31H42ClIO12/c1-14(2)10-22(37)43-21-11-20(41-17(5)35)28(7)19(40-16(4)34)8-9-29(12-33)24(32)26-31(45-29,15(3)27(38)44-26)25(42-18(6)36)23(28)30(21)13-39-30/h14-15,19-21,23-26H,8-13H2,1-7H3/t15?,19-,20-,21+,23+,24+,25-,26-,28-,29+,30+,31+/m0/s1. The van der Waals surface area contributed by atoms with E-state index in [9.17, 15) is 24.0 Å². The third-order valence-corrected chi connectivity index (χ3v) is 12.4. The monoisotopic (exact) mass is 768 g/mol. The number of carbonyl (C=O) groups excluding carboxylic acids is 5. The van der Waals surface area contributed by atoms with Gasteiger partial charge in [-0.15, -0.1) is 11.6 Å². The zero-order chi connectivity index (χ0) is 33.3. The minimum absolute atomic E-state index is 0.00910. The average molecular weight is 769 g/mol. The molecular formula is C31H42ClIO12. The van der Waals surface area contributed by atoms with Gasteiger partial charge in [0.1, 0.15) is 35.4 Å². The number of epoxide rings is 1. The van der Waals surface area contributed by atoms with Crippen molar-refractivity contribution in [2.75, 3.05) is 11.0 Å². The third-order valence-electron chi connectivity index (χ3n) is 10.5. The number of ether oxygens (including phenoxy) is 7. The Morgan fingerprint density at radius 2 is 1.60 bits per heavy atom. The molecule has 45 heavy (non-hydrogen) atoms. The molecule has 5 aliphatic rings. The number of carbonyl (C=O) groups is 5. The van der Waals surface area contributed by atoms with E-state index in [1.807, 2.05) is 20.8 Å². The van der Waals surface area contributed by atoms with Crippen LogP contribution in [-0.4, -0.2) is 93.6 Å². The zero-order valence-electron chi connectivity index (χ0n) is 26.6. The third kappa shape index (κ3) is 5.44. The van der Waals surface area contributed by atoms with E-state index >= 15 is 0 Å². The van der Waals surface area contributed by atoms with Gasteiger partial charge in [-0.3, -0.25) is 24.0 Å². The number of esters is 5. The quantitative estimate of drug-likeness (QED) is 0.123. The first-order chi connectivity index (χ1) is 21.0. The SMILES string of the molecule is CC(=O)O[C@H]1CC[C@]2(CI)O[C@]3(C(C)C(=O)O[C@H]3[C@H]2Cl)[C@@H](OC(C)=O)[C@H]2[C@@]3(CO3)[C@H](OC(=O)CC(C)C)C[C@H](OC(C)=O)[C@]12C. The number of hydrogen-bond acceptors (Lipinski definition) is 12. The minimum Gasteiger partial charge on any atom is -0.462 e. The molecular weight excluding hydrogens is 727 g/mol. The van der Waals surface area contributed by atoms with Gasteiger partial charge in [0.25, 0.3) is 0 Å². The summed E-state index contributed by atoms with van der Waals surface area (Å²) in [7, 11) is 0. The molecule has 0 aromatic carbocycles. The Labute approximate surface area is 281 Å². The van der Waals surface area contributed by atoms with Gasteiger partial charge in [0, 0.05) is 44.0 Å². The Balaban J connectivity index is 1.80. The predicted molar refractivity (Wildman–Crippen MR) is 164 cm³/mol. The summed E-state index contributed by atoms with van der Waals surface area (Å²) in [6.07, 6.45) is -4.45. The highest BCUT2D eigenvalue weighted by atomic mass is 127. The molecule has 2 spiro atoms. The molecule has 5 fully saturated rings. The second-order valence-electron chi connectivity index (χ2n) is 13.8. The highest BCUT2D eigenvalue weighted by Gasteiger charge is 2.82. The fraction of sp³-hybridized carbons (Fsp3) is 0.839. The summed E-state index contributed by atoms with van der Waals surface area (Å²) in [6.45, 7) is 11.1. The van der Waals surface area contributed by atoms with Crippen LogP contribution in [0.2, 0.25) is 0 Å². The van der Waals surface area contributed by atoms with Crippen LogP contribution in [0.1, 0.15) is 74.1 Å². The summed E-state index contributed by atoms with van der Waals surface area (Å²) >= 11 is 9.34. The van der Waals surface area contributed by atoms with Crippen LogP contribution in [0.4, 0.5) is 0 Å². The molecule has 0 N–H and O–H groups in total. The van der Waals surface area contributed by atoms with Crippen molar-refractivity contribution < 1.29 is 57.1 Å². The van der Waals surface area contributed by atoms with Crippen LogP contribution in [0, 0.1) is 23.2 Å². The Morgan fingerprint density at radius 1 is 1.00 bits per heavy atom. The lowest BCUT2D eigenvalue weighted by atomic mass is 9.52. The first-order valence-corrected chi connectivity index (χ1v) is 17.4. The highest BCUT2D eigenvalue weighted by Crippen LogP contribution is 2.66. The van der Waals surface area contributed by atoms with Crippen LogP contribution >= 0.6 is 34.2 Å². The van der Waals surface area contributed by atoms with Gasteiger partial charge in [0.2, 0.25) is 0 Å². The first-order valence-electron chi connectivity index (χ1n) is 15.4. The van der Waals surface area contributed by atoms with E-state index in [0.29, 0.717) is 4.43 Å². The van der Waals surface area contributed by atoms with Crippen LogP contribution in [0.15, 0.2) is 0 Å². The summed E-state index contributed by atoms with van der Waals surface area (Å²) in [6, 6.07) is 0. The topological polar surface area (TPSA) is 153 Å². The molecule has 1 unspecified atom stereocenters. The van der Waals surface area contributed by atoms with Gasteiger partial charge in [0.15, 0.2) is 11.7 Å². The second kappa shape index (κ2) is 12.1. The lowest BCUT2D eigenvalue weighted by Crippen LogP contribution is -2.71. The maximum Gasteiger partial charge on any atom is 0.312 e. The van der Waals surface area contributed by atoms with E-state index in [1.165, 1.54) is 20.8 Å². The van der Waals surface area contributed by atoms with Crippen molar-refractivity contribution >= 4 is 64.0 Å². The molecule has 252 valence electrons. The van der Waals surface area contributed by atoms with Crippen molar-refractivity contribution in [2.45, 2.75) is 127 Å². The number of alkyl halides is 2. The van der Waals surface area contributed by atoms with Gasteiger partial charge in [-0.05, 0) is 25.7 Å². The number of rotatable bonds is 7. The van der Waals surface area contributed by atoms with E-state index in [2.05, 4.69) is 22.6 Å². The van der Waals surface area contributed by atoms with Crippen molar-refractivity contribution in [1.82, 2.24) is 0 Å². The largest absolute Gasteiger partial charge is 0.462 e. The Hall–Kier alpha value is -1.71. The van der Waals surface area contributed by atoms with Gasteiger partial charge < -0.3 is 33.2 Å². The van der Waals surface area contributed by atoms with Crippen LogP contribution in [-0.2, 0) is 57.1 Å². The van der Waals surface area contributed by atoms with E-state index in [4.69, 9.17) is 44.8 Å². The first kappa shape index (κ1) is 34.6. The van der Waals surface area contributed by atoms with Crippen molar-refractivity contribution in [3.05, 3.63) is 0 Å².